The average Bonchev–Trinajstić information content (AvgIpc) is 2.37. The Morgan fingerprint density at radius 2 is 1.94 bits per heavy atom. The van der Waals surface area contributed by atoms with Crippen molar-refractivity contribution in [3.63, 3.8) is 0 Å². The van der Waals surface area contributed by atoms with Crippen molar-refractivity contribution in [2.24, 2.45) is 0 Å². The molecule has 0 aromatic heterocycles. The van der Waals surface area contributed by atoms with Crippen LogP contribution in [-0.2, 0) is 0 Å². The Morgan fingerprint density at radius 1 is 1.28 bits per heavy atom. The smallest absolute Gasteiger partial charge is 0.0303 e. The first kappa shape index (κ1) is 15.7. The van der Waals surface area contributed by atoms with Crippen LogP contribution in [0.1, 0.15) is 38.8 Å². The van der Waals surface area contributed by atoms with Crippen LogP contribution in [0.3, 0.4) is 0 Å². The topological polar surface area (TPSA) is 15.3 Å². The Bertz CT molecular complexity index is 354. The fourth-order valence-corrected chi connectivity index (χ4v) is 2.55. The Kier molecular flexibility index (Phi) is 6.90. The van der Waals surface area contributed by atoms with Crippen LogP contribution in [-0.4, -0.2) is 31.1 Å². The van der Waals surface area contributed by atoms with Crippen LogP contribution < -0.4 is 5.32 Å². The summed E-state index contributed by atoms with van der Waals surface area (Å²) in [6, 6.07) is 9.44. The molecule has 2 unspecified atom stereocenters. The monoisotopic (exact) mass is 312 g/mol. The van der Waals surface area contributed by atoms with Gasteiger partial charge >= 0.3 is 0 Å². The highest BCUT2D eigenvalue weighted by Crippen LogP contribution is 2.22. The third-order valence-electron chi connectivity index (χ3n) is 3.63. The lowest BCUT2D eigenvalue weighted by Gasteiger charge is -2.24. The summed E-state index contributed by atoms with van der Waals surface area (Å²) in [5.74, 6) is 0. The van der Waals surface area contributed by atoms with Gasteiger partial charge in [0, 0.05) is 29.6 Å². The quantitative estimate of drug-likeness (QED) is 0.823. The van der Waals surface area contributed by atoms with Gasteiger partial charge in [0.15, 0.2) is 0 Å². The first-order chi connectivity index (χ1) is 8.56. The lowest BCUT2D eigenvalue weighted by molar-refractivity contribution is 0.249. The van der Waals surface area contributed by atoms with E-state index < -0.39 is 0 Å². The van der Waals surface area contributed by atoms with Crippen LogP contribution in [0, 0.1) is 0 Å². The summed E-state index contributed by atoms with van der Waals surface area (Å²) in [4.78, 5) is 2.40. The van der Waals surface area contributed by atoms with Crippen molar-refractivity contribution in [1.82, 2.24) is 10.2 Å². The van der Waals surface area contributed by atoms with E-state index in [1.807, 2.05) is 0 Å². The minimum absolute atomic E-state index is 0.380. The van der Waals surface area contributed by atoms with E-state index in [-0.39, 0.29) is 0 Å². The summed E-state index contributed by atoms with van der Waals surface area (Å²) >= 11 is 3.60. The van der Waals surface area contributed by atoms with E-state index in [2.05, 4.69) is 78.2 Å². The lowest BCUT2D eigenvalue weighted by atomic mass is 10.1. The molecule has 102 valence electrons. The lowest BCUT2D eigenvalue weighted by Crippen LogP contribution is -2.35. The Morgan fingerprint density at radius 3 is 2.56 bits per heavy atom. The van der Waals surface area contributed by atoms with E-state index in [4.69, 9.17) is 0 Å². The number of hydrogen-bond acceptors (Lipinski definition) is 2. The van der Waals surface area contributed by atoms with Gasteiger partial charge in [0.2, 0.25) is 0 Å². The summed E-state index contributed by atoms with van der Waals surface area (Å²) in [5.41, 5.74) is 1.32. The maximum absolute atomic E-state index is 3.60. The number of likely N-dealkylation sites (N-methyl/N-ethyl adjacent to an activating group) is 1. The standard InChI is InChI=1S/C15H25BrN2/c1-5-12(2)18(4)11-10-17-13(3)14-8-6-7-9-15(14)16/h6-9,12-13,17H,5,10-11H2,1-4H3. The second-order valence-corrected chi connectivity index (χ2v) is 5.79. The molecule has 0 aliphatic rings. The van der Waals surface area contributed by atoms with Crippen molar-refractivity contribution < 1.29 is 0 Å². The molecule has 0 aliphatic heterocycles. The molecule has 2 nitrogen and oxygen atoms in total. The maximum Gasteiger partial charge on any atom is 0.0303 e. The molecular weight excluding hydrogens is 288 g/mol. The summed E-state index contributed by atoms with van der Waals surface area (Å²) in [6.07, 6.45) is 1.20. The number of nitrogens with zero attached hydrogens (tertiary/aromatic N) is 1. The van der Waals surface area contributed by atoms with Gasteiger partial charge in [-0.3, -0.25) is 0 Å². The molecule has 2 atom stereocenters. The predicted octanol–water partition coefficient (Wildman–Crippen LogP) is 3.83. The van der Waals surface area contributed by atoms with Crippen molar-refractivity contribution >= 4 is 15.9 Å². The fraction of sp³-hybridized carbons (Fsp3) is 0.600. The van der Waals surface area contributed by atoms with Gasteiger partial charge in [-0.25, -0.2) is 0 Å². The third kappa shape index (κ3) is 4.71. The molecule has 1 rings (SSSR count). The first-order valence-corrected chi connectivity index (χ1v) is 7.53. The van der Waals surface area contributed by atoms with Crippen LogP contribution >= 0.6 is 15.9 Å². The van der Waals surface area contributed by atoms with E-state index >= 15 is 0 Å². The zero-order valence-electron chi connectivity index (χ0n) is 11.9. The highest BCUT2D eigenvalue weighted by molar-refractivity contribution is 9.10. The normalized spacial score (nSPS) is 14.8. The van der Waals surface area contributed by atoms with Gasteiger partial charge in [-0.1, -0.05) is 41.1 Å². The maximum atomic E-state index is 3.60. The number of benzene rings is 1. The van der Waals surface area contributed by atoms with Crippen LogP contribution in [0.2, 0.25) is 0 Å². The largest absolute Gasteiger partial charge is 0.309 e. The molecule has 0 fully saturated rings. The van der Waals surface area contributed by atoms with Crippen molar-refractivity contribution in [1.29, 1.82) is 0 Å². The van der Waals surface area contributed by atoms with Crippen molar-refractivity contribution in [2.45, 2.75) is 39.3 Å². The minimum Gasteiger partial charge on any atom is -0.309 e. The third-order valence-corrected chi connectivity index (χ3v) is 4.35. The van der Waals surface area contributed by atoms with Crippen LogP contribution in [0.15, 0.2) is 28.7 Å². The van der Waals surface area contributed by atoms with Crippen molar-refractivity contribution in [2.75, 3.05) is 20.1 Å². The molecule has 1 aromatic carbocycles. The molecule has 0 bridgehead atoms. The number of rotatable bonds is 7. The Hall–Kier alpha value is -0.380. The van der Waals surface area contributed by atoms with Gasteiger partial charge in [-0.2, -0.15) is 0 Å². The van der Waals surface area contributed by atoms with Gasteiger partial charge < -0.3 is 10.2 Å². The summed E-state index contributed by atoms with van der Waals surface area (Å²) in [5, 5.41) is 3.58. The van der Waals surface area contributed by atoms with Gasteiger partial charge in [0.1, 0.15) is 0 Å². The fourth-order valence-electron chi connectivity index (χ4n) is 1.93. The summed E-state index contributed by atoms with van der Waals surface area (Å²) in [7, 11) is 2.19. The molecular formula is C15H25BrN2. The van der Waals surface area contributed by atoms with E-state index in [0.717, 1.165) is 13.1 Å². The number of hydrogen-bond donors (Lipinski definition) is 1. The summed E-state index contributed by atoms with van der Waals surface area (Å²) in [6.45, 7) is 8.83. The first-order valence-electron chi connectivity index (χ1n) is 6.74. The van der Waals surface area contributed by atoms with Gasteiger partial charge in [-0.05, 0) is 38.9 Å². The average molecular weight is 313 g/mol. The number of nitrogens with one attached hydrogen (secondary N) is 1. The van der Waals surface area contributed by atoms with Gasteiger partial charge in [-0.15, -0.1) is 0 Å². The van der Waals surface area contributed by atoms with Crippen LogP contribution in [0.25, 0.3) is 0 Å². The predicted molar refractivity (Wildman–Crippen MR) is 82.9 cm³/mol. The molecule has 0 spiro atoms. The molecule has 1 aromatic rings. The summed E-state index contributed by atoms with van der Waals surface area (Å²) < 4.78 is 1.18. The Labute approximate surface area is 120 Å². The molecule has 0 aliphatic carbocycles. The minimum atomic E-state index is 0.380. The molecule has 0 saturated heterocycles. The second kappa shape index (κ2) is 7.93. The molecule has 0 saturated carbocycles. The highest BCUT2D eigenvalue weighted by atomic mass is 79.9. The molecule has 3 heteroatoms. The van der Waals surface area contributed by atoms with Gasteiger partial charge in [0.05, 0.1) is 0 Å². The zero-order valence-corrected chi connectivity index (χ0v) is 13.5. The van der Waals surface area contributed by atoms with Crippen LogP contribution in [0.5, 0.6) is 0 Å². The SMILES string of the molecule is CCC(C)N(C)CCNC(C)c1ccccc1Br. The molecule has 1 N–H and O–H groups in total. The molecule has 18 heavy (non-hydrogen) atoms. The van der Waals surface area contributed by atoms with E-state index in [0.29, 0.717) is 12.1 Å². The Balaban J connectivity index is 2.38. The molecule has 0 heterocycles. The molecule has 0 amide bonds. The van der Waals surface area contributed by atoms with Crippen molar-refractivity contribution in [3.8, 4) is 0 Å². The molecule has 0 radical (unpaired) electrons. The number of halogens is 1. The van der Waals surface area contributed by atoms with E-state index in [1.165, 1.54) is 16.5 Å². The van der Waals surface area contributed by atoms with Crippen molar-refractivity contribution in [3.05, 3.63) is 34.3 Å². The van der Waals surface area contributed by atoms with Gasteiger partial charge in [0.25, 0.3) is 0 Å². The second-order valence-electron chi connectivity index (χ2n) is 4.94. The van der Waals surface area contributed by atoms with E-state index in [1.54, 1.807) is 0 Å². The highest BCUT2D eigenvalue weighted by Gasteiger charge is 2.09. The zero-order chi connectivity index (χ0) is 13.5. The van der Waals surface area contributed by atoms with E-state index in [9.17, 15) is 0 Å². The van der Waals surface area contributed by atoms with Crippen LogP contribution in [0.4, 0.5) is 0 Å².